The van der Waals surface area contributed by atoms with E-state index < -0.39 is 9.84 Å². The molecule has 1 aromatic heterocycles. The fraction of sp³-hybridized carbons (Fsp3) is 0.647. The van der Waals surface area contributed by atoms with Crippen molar-refractivity contribution in [2.24, 2.45) is 5.92 Å². The molecule has 0 bridgehead atoms. The first-order valence-corrected chi connectivity index (χ1v) is 10.3. The molecule has 132 valence electrons. The van der Waals surface area contributed by atoms with E-state index in [-0.39, 0.29) is 35.4 Å². The molecule has 0 radical (unpaired) electrons. The number of amides is 1. The van der Waals surface area contributed by atoms with Crippen molar-refractivity contribution < 1.29 is 13.2 Å². The van der Waals surface area contributed by atoms with Gasteiger partial charge in [-0.15, -0.1) is 0 Å². The van der Waals surface area contributed by atoms with Gasteiger partial charge in [-0.2, -0.15) is 0 Å². The van der Waals surface area contributed by atoms with Crippen molar-refractivity contribution in [3.05, 3.63) is 30.1 Å². The van der Waals surface area contributed by atoms with Crippen molar-refractivity contribution in [1.82, 2.24) is 14.8 Å². The Bertz CT molecular complexity index is 690. The van der Waals surface area contributed by atoms with Gasteiger partial charge in [0.15, 0.2) is 9.84 Å². The number of piperazine rings is 1. The predicted molar refractivity (Wildman–Crippen MR) is 92.0 cm³/mol. The van der Waals surface area contributed by atoms with Crippen molar-refractivity contribution >= 4 is 15.7 Å². The minimum absolute atomic E-state index is 0.0783. The number of carbonyl (C=O) groups is 1. The van der Waals surface area contributed by atoms with Crippen LogP contribution in [0.25, 0.3) is 0 Å². The van der Waals surface area contributed by atoms with Crippen LogP contribution in [0, 0.1) is 5.92 Å². The van der Waals surface area contributed by atoms with E-state index >= 15 is 0 Å². The molecule has 0 spiro atoms. The van der Waals surface area contributed by atoms with E-state index in [2.05, 4.69) is 9.88 Å². The number of carbonyl (C=O) groups excluding carboxylic acids is 1. The van der Waals surface area contributed by atoms with E-state index in [0.717, 1.165) is 5.69 Å². The van der Waals surface area contributed by atoms with Crippen LogP contribution in [0.15, 0.2) is 24.4 Å². The molecule has 2 atom stereocenters. The van der Waals surface area contributed by atoms with Gasteiger partial charge in [0.25, 0.3) is 0 Å². The number of hydrogen-bond donors (Lipinski definition) is 0. The highest BCUT2D eigenvalue weighted by atomic mass is 32.2. The van der Waals surface area contributed by atoms with Gasteiger partial charge in [-0.3, -0.25) is 14.7 Å². The van der Waals surface area contributed by atoms with Gasteiger partial charge in [-0.25, -0.2) is 8.42 Å². The van der Waals surface area contributed by atoms with E-state index in [1.54, 1.807) is 6.20 Å². The lowest BCUT2D eigenvalue weighted by atomic mass is 10.0. The molecule has 7 heteroatoms. The molecule has 24 heavy (non-hydrogen) atoms. The van der Waals surface area contributed by atoms with Gasteiger partial charge in [0.1, 0.15) is 0 Å². The van der Waals surface area contributed by atoms with Crippen molar-refractivity contribution in [1.29, 1.82) is 0 Å². The van der Waals surface area contributed by atoms with Crippen LogP contribution in [-0.2, 0) is 21.2 Å². The third-order valence-electron chi connectivity index (χ3n) is 4.79. The van der Waals surface area contributed by atoms with Crippen LogP contribution in [0.5, 0.6) is 0 Å². The molecule has 0 aromatic carbocycles. The second-order valence-corrected chi connectivity index (χ2v) is 9.34. The molecular weight excluding hydrogens is 326 g/mol. The zero-order valence-corrected chi connectivity index (χ0v) is 15.1. The quantitative estimate of drug-likeness (QED) is 0.807. The first-order valence-electron chi connectivity index (χ1n) is 8.49. The van der Waals surface area contributed by atoms with E-state index in [1.807, 2.05) is 36.9 Å². The van der Waals surface area contributed by atoms with Crippen LogP contribution >= 0.6 is 0 Å². The second-order valence-electron chi connectivity index (χ2n) is 7.19. The SMILES string of the molecule is CC(C)CC(=O)N1CCN(Cc2ccccn2)[C@@H]2CS(=O)(=O)C[C@@H]21. The second kappa shape index (κ2) is 6.80. The molecule has 2 aliphatic heterocycles. The Morgan fingerprint density at radius 1 is 1.25 bits per heavy atom. The van der Waals surface area contributed by atoms with Gasteiger partial charge in [-0.05, 0) is 18.1 Å². The van der Waals surface area contributed by atoms with Crippen LogP contribution in [0.3, 0.4) is 0 Å². The number of aromatic nitrogens is 1. The Labute approximate surface area is 143 Å². The Balaban J connectivity index is 1.78. The molecule has 0 aliphatic carbocycles. The zero-order valence-electron chi connectivity index (χ0n) is 14.3. The number of hydrogen-bond acceptors (Lipinski definition) is 5. The highest BCUT2D eigenvalue weighted by molar-refractivity contribution is 7.91. The van der Waals surface area contributed by atoms with Gasteiger partial charge < -0.3 is 4.90 Å². The molecule has 2 aliphatic rings. The lowest BCUT2D eigenvalue weighted by Gasteiger charge is -2.44. The number of rotatable bonds is 4. The van der Waals surface area contributed by atoms with E-state index in [9.17, 15) is 13.2 Å². The molecule has 3 heterocycles. The molecule has 3 rings (SSSR count). The van der Waals surface area contributed by atoms with Crippen LogP contribution in [0.1, 0.15) is 26.0 Å². The molecule has 1 amide bonds. The molecule has 0 unspecified atom stereocenters. The minimum Gasteiger partial charge on any atom is -0.336 e. The summed E-state index contributed by atoms with van der Waals surface area (Å²) in [5.74, 6) is 0.575. The maximum Gasteiger partial charge on any atom is 0.223 e. The van der Waals surface area contributed by atoms with Crippen molar-refractivity contribution in [2.45, 2.75) is 38.9 Å². The Kier molecular flexibility index (Phi) is 4.92. The number of fused-ring (bicyclic) bond motifs is 1. The van der Waals surface area contributed by atoms with Gasteiger partial charge >= 0.3 is 0 Å². The van der Waals surface area contributed by atoms with Gasteiger partial charge in [0, 0.05) is 38.3 Å². The fourth-order valence-electron chi connectivity index (χ4n) is 3.70. The Hall–Kier alpha value is -1.47. The van der Waals surface area contributed by atoms with Gasteiger partial charge in [0.05, 0.1) is 23.2 Å². The average Bonchev–Trinajstić information content (AvgIpc) is 2.83. The number of pyridine rings is 1. The summed E-state index contributed by atoms with van der Waals surface area (Å²) in [7, 11) is -3.10. The summed E-state index contributed by atoms with van der Waals surface area (Å²) >= 11 is 0. The lowest BCUT2D eigenvalue weighted by Crippen LogP contribution is -2.60. The fourth-order valence-corrected chi connectivity index (χ4v) is 5.71. The normalized spacial score (nSPS) is 26.5. The standard InChI is InChI=1S/C17H25N3O3S/c1-13(2)9-17(21)20-8-7-19(10-14-5-3-4-6-18-14)15-11-24(22,23)12-16(15)20/h3-6,13,15-16H,7-12H2,1-2H3/t15-,16+/m1/s1. The van der Waals surface area contributed by atoms with E-state index in [0.29, 0.717) is 26.1 Å². The van der Waals surface area contributed by atoms with E-state index in [4.69, 9.17) is 0 Å². The summed E-state index contributed by atoms with van der Waals surface area (Å²) in [4.78, 5) is 20.9. The third-order valence-corrected chi connectivity index (χ3v) is 6.48. The van der Waals surface area contributed by atoms with Gasteiger partial charge in [0.2, 0.25) is 5.91 Å². The molecule has 2 saturated heterocycles. The van der Waals surface area contributed by atoms with Crippen molar-refractivity contribution in [3.8, 4) is 0 Å². The smallest absolute Gasteiger partial charge is 0.223 e. The molecule has 0 saturated carbocycles. The predicted octanol–water partition coefficient (Wildman–Crippen LogP) is 0.938. The highest BCUT2D eigenvalue weighted by Gasteiger charge is 2.47. The summed E-state index contributed by atoms with van der Waals surface area (Å²) < 4.78 is 24.4. The summed E-state index contributed by atoms with van der Waals surface area (Å²) in [5, 5.41) is 0. The molecular formula is C17H25N3O3S. The largest absolute Gasteiger partial charge is 0.336 e. The maximum atomic E-state index is 12.5. The number of nitrogens with zero attached hydrogens (tertiary/aromatic N) is 3. The Morgan fingerprint density at radius 3 is 2.67 bits per heavy atom. The first kappa shape index (κ1) is 17.4. The van der Waals surface area contributed by atoms with Crippen LogP contribution < -0.4 is 0 Å². The van der Waals surface area contributed by atoms with Gasteiger partial charge in [-0.1, -0.05) is 19.9 Å². The zero-order chi connectivity index (χ0) is 17.3. The van der Waals surface area contributed by atoms with Crippen molar-refractivity contribution in [3.63, 3.8) is 0 Å². The third kappa shape index (κ3) is 3.78. The summed E-state index contributed by atoms with van der Waals surface area (Å²) in [6, 6.07) is 5.41. The monoisotopic (exact) mass is 351 g/mol. The first-order chi connectivity index (χ1) is 11.4. The summed E-state index contributed by atoms with van der Waals surface area (Å²) in [6.45, 7) is 5.94. The van der Waals surface area contributed by atoms with Crippen molar-refractivity contribution in [2.75, 3.05) is 24.6 Å². The molecule has 6 nitrogen and oxygen atoms in total. The lowest BCUT2D eigenvalue weighted by molar-refractivity contribution is -0.137. The molecule has 1 aromatic rings. The topological polar surface area (TPSA) is 70.6 Å². The number of sulfone groups is 1. The minimum atomic E-state index is -3.10. The molecule has 0 N–H and O–H groups in total. The summed E-state index contributed by atoms with van der Waals surface area (Å²) in [6.07, 6.45) is 2.23. The van der Waals surface area contributed by atoms with Crippen LogP contribution in [-0.4, -0.2) is 65.8 Å². The Morgan fingerprint density at radius 2 is 2.00 bits per heavy atom. The summed E-state index contributed by atoms with van der Waals surface area (Å²) in [5.41, 5.74) is 0.933. The van der Waals surface area contributed by atoms with Crippen LogP contribution in [0.4, 0.5) is 0 Å². The maximum absolute atomic E-state index is 12.5. The average molecular weight is 351 g/mol. The van der Waals surface area contributed by atoms with Crippen LogP contribution in [0.2, 0.25) is 0 Å². The highest BCUT2D eigenvalue weighted by Crippen LogP contribution is 2.28. The molecule has 2 fully saturated rings. The van der Waals surface area contributed by atoms with E-state index in [1.165, 1.54) is 0 Å².